The second-order valence-electron chi connectivity index (χ2n) is 4.56. The molecule has 7 nitrogen and oxygen atoms in total. The van der Waals surface area contributed by atoms with Crippen LogP contribution >= 0.6 is 0 Å². The minimum Gasteiger partial charge on any atom is -0.387 e. The predicted molar refractivity (Wildman–Crippen MR) is 69.5 cm³/mol. The first-order chi connectivity index (χ1) is 8.81. The van der Waals surface area contributed by atoms with E-state index in [-0.39, 0.29) is 0 Å². The smallest absolute Gasteiger partial charge is 0.111 e. The highest BCUT2D eigenvalue weighted by molar-refractivity contribution is 4.98. The van der Waals surface area contributed by atoms with Crippen LogP contribution in [0.4, 0.5) is 0 Å². The Morgan fingerprint density at radius 3 is 0.737 bits per heavy atom. The summed E-state index contributed by atoms with van der Waals surface area (Å²) >= 11 is 0. The molecule has 0 bridgehead atoms. The highest BCUT2D eigenvalue weighted by Gasteiger charge is 2.47. The summed E-state index contributed by atoms with van der Waals surface area (Å²) < 4.78 is 0. The monoisotopic (exact) mass is 281 g/mol. The van der Waals surface area contributed by atoms with Crippen molar-refractivity contribution in [2.45, 2.75) is 57.4 Å². The van der Waals surface area contributed by atoms with Crippen molar-refractivity contribution in [3.8, 4) is 0 Å². The third-order valence-corrected chi connectivity index (χ3v) is 3.44. The molecule has 0 aliphatic heterocycles. The standard InChI is InChI=1S/C6H15N.C6H12O6/c1-4-7(5-2)6-3;7-1-2(8)4(10)6(12)5(11)3(1)9/h4-6H2,1-3H3;1-12H. The average Bonchev–Trinajstić information content (AvgIpc) is 2.43. The van der Waals surface area contributed by atoms with Crippen LogP contribution in [-0.4, -0.2) is 91.8 Å². The Bertz CT molecular complexity index is 174. The van der Waals surface area contributed by atoms with Crippen molar-refractivity contribution in [1.29, 1.82) is 0 Å². The Morgan fingerprint density at radius 2 is 0.684 bits per heavy atom. The van der Waals surface area contributed by atoms with E-state index in [1.165, 1.54) is 19.6 Å². The van der Waals surface area contributed by atoms with Gasteiger partial charge in [0.15, 0.2) is 0 Å². The van der Waals surface area contributed by atoms with Crippen LogP contribution in [0.25, 0.3) is 0 Å². The quantitative estimate of drug-likeness (QED) is 0.338. The fourth-order valence-electron chi connectivity index (χ4n) is 1.88. The zero-order valence-electron chi connectivity index (χ0n) is 11.7. The lowest BCUT2D eigenvalue weighted by molar-refractivity contribution is -0.223. The highest BCUT2D eigenvalue weighted by atomic mass is 16.4. The van der Waals surface area contributed by atoms with E-state index < -0.39 is 36.6 Å². The molecule has 19 heavy (non-hydrogen) atoms. The van der Waals surface area contributed by atoms with Crippen molar-refractivity contribution in [3.63, 3.8) is 0 Å². The van der Waals surface area contributed by atoms with Crippen LogP contribution in [0.2, 0.25) is 0 Å². The van der Waals surface area contributed by atoms with E-state index in [9.17, 15) is 0 Å². The molecule has 0 spiro atoms. The summed E-state index contributed by atoms with van der Waals surface area (Å²) in [5, 5.41) is 53.8. The minimum atomic E-state index is -1.64. The highest BCUT2D eigenvalue weighted by Crippen LogP contribution is 2.20. The molecule has 0 aromatic heterocycles. The number of aliphatic hydroxyl groups excluding tert-OH is 6. The van der Waals surface area contributed by atoms with Crippen LogP contribution in [0, 0.1) is 0 Å². The van der Waals surface area contributed by atoms with Gasteiger partial charge >= 0.3 is 0 Å². The average molecular weight is 281 g/mol. The van der Waals surface area contributed by atoms with Crippen LogP contribution in [0.5, 0.6) is 0 Å². The zero-order valence-corrected chi connectivity index (χ0v) is 11.7. The molecule has 0 heterocycles. The van der Waals surface area contributed by atoms with Gasteiger partial charge in [-0.15, -0.1) is 0 Å². The van der Waals surface area contributed by atoms with E-state index in [1.807, 2.05) is 0 Å². The molecule has 0 saturated heterocycles. The third-order valence-electron chi connectivity index (χ3n) is 3.44. The summed E-state index contributed by atoms with van der Waals surface area (Å²) in [4.78, 5) is 2.38. The normalized spacial score (nSPS) is 38.8. The van der Waals surface area contributed by atoms with Gasteiger partial charge in [0.1, 0.15) is 36.6 Å². The van der Waals surface area contributed by atoms with Crippen LogP contribution in [0.3, 0.4) is 0 Å². The lowest BCUT2D eigenvalue weighted by Gasteiger charge is -2.39. The fraction of sp³-hybridized carbons (Fsp3) is 1.00. The first-order valence-electron chi connectivity index (χ1n) is 6.62. The summed E-state index contributed by atoms with van der Waals surface area (Å²) in [7, 11) is 0. The van der Waals surface area contributed by atoms with E-state index in [0.717, 1.165) is 0 Å². The molecule has 1 saturated carbocycles. The Hall–Kier alpha value is -0.280. The largest absolute Gasteiger partial charge is 0.387 e. The fourth-order valence-corrected chi connectivity index (χ4v) is 1.88. The van der Waals surface area contributed by atoms with Gasteiger partial charge in [-0.1, -0.05) is 20.8 Å². The van der Waals surface area contributed by atoms with Crippen LogP contribution < -0.4 is 0 Å². The van der Waals surface area contributed by atoms with Gasteiger partial charge in [-0.05, 0) is 19.6 Å². The summed E-state index contributed by atoms with van der Waals surface area (Å²) in [6.07, 6.45) is -9.84. The van der Waals surface area contributed by atoms with Gasteiger partial charge in [-0.25, -0.2) is 0 Å². The molecule has 1 rings (SSSR count). The van der Waals surface area contributed by atoms with Crippen LogP contribution in [0.15, 0.2) is 0 Å². The van der Waals surface area contributed by atoms with Crippen LogP contribution in [0.1, 0.15) is 20.8 Å². The second kappa shape index (κ2) is 8.80. The number of hydrogen-bond acceptors (Lipinski definition) is 7. The van der Waals surface area contributed by atoms with Crippen molar-refractivity contribution in [2.24, 2.45) is 0 Å². The van der Waals surface area contributed by atoms with Crippen molar-refractivity contribution in [3.05, 3.63) is 0 Å². The molecular weight excluding hydrogens is 254 g/mol. The molecule has 6 N–H and O–H groups in total. The van der Waals surface area contributed by atoms with E-state index in [4.69, 9.17) is 30.6 Å². The zero-order chi connectivity index (χ0) is 15.2. The summed E-state index contributed by atoms with van der Waals surface area (Å²) in [5.41, 5.74) is 0. The molecule has 7 heteroatoms. The maximum atomic E-state index is 8.97. The molecule has 0 radical (unpaired) electrons. The molecule has 1 aliphatic carbocycles. The number of rotatable bonds is 3. The molecule has 1 aliphatic rings. The Labute approximate surface area is 113 Å². The van der Waals surface area contributed by atoms with Crippen molar-refractivity contribution < 1.29 is 30.6 Å². The first-order valence-corrected chi connectivity index (χ1v) is 6.62. The van der Waals surface area contributed by atoms with Gasteiger partial charge in [-0.3, -0.25) is 0 Å². The molecule has 1 fully saturated rings. The van der Waals surface area contributed by atoms with Gasteiger partial charge < -0.3 is 35.5 Å². The lowest BCUT2D eigenvalue weighted by Crippen LogP contribution is -2.63. The van der Waals surface area contributed by atoms with E-state index >= 15 is 0 Å². The van der Waals surface area contributed by atoms with Gasteiger partial charge in [0.25, 0.3) is 0 Å². The molecule has 0 aromatic rings. The predicted octanol–water partition coefficient (Wildman–Crippen LogP) is -2.49. The lowest BCUT2D eigenvalue weighted by atomic mass is 9.85. The van der Waals surface area contributed by atoms with Gasteiger partial charge in [0, 0.05) is 0 Å². The second-order valence-corrected chi connectivity index (χ2v) is 4.56. The van der Waals surface area contributed by atoms with Crippen molar-refractivity contribution in [1.82, 2.24) is 4.90 Å². The van der Waals surface area contributed by atoms with Crippen LogP contribution in [-0.2, 0) is 0 Å². The van der Waals surface area contributed by atoms with Gasteiger partial charge in [0.05, 0.1) is 0 Å². The SMILES string of the molecule is CCN(CC)CC.OC1C(O)C(O)C(O)C(O)C1O. The van der Waals surface area contributed by atoms with E-state index in [1.54, 1.807) is 0 Å². The summed E-state index contributed by atoms with van der Waals surface area (Å²) in [6, 6.07) is 0. The molecule has 0 amide bonds. The van der Waals surface area contributed by atoms with E-state index in [0.29, 0.717) is 0 Å². The number of nitrogens with zero attached hydrogens (tertiary/aromatic N) is 1. The number of hydrogen-bond donors (Lipinski definition) is 6. The summed E-state index contributed by atoms with van der Waals surface area (Å²) in [5.74, 6) is 0. The minimum absolute atomic E-state index is 1.19. The Kier molecular flexibility index (Phi) is 8.67. The van der Waals surface area contributed by atoms with Gasteiger partial charge in [0.2, 0.25) is 0 Å². The summed E-state index contributed by atoms with van der Waals surface area (Å²) in [6.45, 7) is 10.1. The Balaban J connectivity index is 0.000000399. The molecule has 0 atom stereocenters. The maximum Gasteiger partial charge on any atom is 0.111 e. The van der Waals surface area contributed by atoms with Crippen molar-refractivity contribution in [2.75, 3.05) is 19.6 Å². The van der Waals surface area contributed by atoms with Crippen molar-refractivity contribution >= 4 is 0 Å². The number of aliphatic hydroxyl groups is 6. The molecule has 0 aromatic carbocycles. The molecular formula is C12H27NO6. The maximum absolute atomic E-state index is 8.97. The first kappa shape index (κ1) is 18.7. The molecule has 116 valence electrons. The topological polar surface area (TPSA) is 125 Å². The Morgan fingerprint density at radius 1 is 0.526 bits per heavy atom. The third kappa shape index (κ3) is 4.96. The van der Waals surface area contributed by atoms with E-state index in [2.05, 4.69) is 25.7 Å². The molecule has 0 unspecified atom stereocenters. The van der Waals surface area contributed by atoms with Gasteiger partial charge in [-0.2, -0.15) is 0 Å².